The van der Waals surface area contributed by atoms with Crippen LogP contribution in [0.4, 0.5) is 4.39 Å². The van der Waals surface area contributed by atoms with Crippen LogP contribution in [-0.4, -0.2) is 44.8 Å². The first-order valence-corrected chi connectivity index (χ1v) is 12.0. The topological polar surface area (TPSA) is 91.8 Å². The number of fused-ring (bicyclic) bond motifs is 1. The number of hydrogen-bond donors (Lipinski definition) is 2. The van der Waals surface area contributed by atoms with Crippen LogP contribution in [0.2, 0.25) is 0 Å². The molecule has 1 aliphatic heterocycles. The van der Waals surface area contributed by atoms with E-state index in [-0.39, 0.29) is 30.4 Å². The molecule has 0 aliphatic carbocycles. The molecule has 0 saturated heterocycles. The summed E-state index contributed by atoms with van der Waals surface area (Å²) < 4.78 is 19.3. The fourth-order valence-corrected chi connectivity index (χ4v) is 5.11. The molecule has 1 aliphatic rings. The van der Waals surface area contributed by atoms with Crippen molar-refractivity contribution in [3.63, 3.8) is 0 Å². The molecule has 1 atom stereocenters. The number of hydrogen-bond acceptors (Lipinski definition) is 5. The average molecular weight is 489 g/mol. The quantitative estimate of drug-likeness (QED) is 0.336. The van der Waals surface area contributed by atoms with Gasteiger partial charge in [-0.1, -0.05) is 30.3 Å². The number of aliphatic carboxylic acids is 1. The SMILES string of the molecule is O=C(c1ccccc1)c1ccc(OCC2=N[C@](Cc3cc4ccc(F)cc4[nH]3)(C(=O)O)CS2)cc1. The summed E-state index contributed by atoms with van der Waals surface area (Å²) in [5, 5.41) is 11.4. The largest absolute Gasteiger partial charge is 0.487 e. The maximum Gasteiger partial charge on any atom is 0.332 e. The van der Waals surface area contributed by atoms with Gasteiger partial charge in [-0.25, -0.2) is 9.18 Å². The molecule has 0 amide bonds. The summed E-state index contributed by atoms with van der Waals surface area (Å²) in [5.74, 6) is -0.615. The molecule has 0 bridgehead atoms. The third-order valence-corrected chi connectivity index (χ3v) is 7.02. The van der Waals surface area contributed by atoms with Gasteiger partial charge in [-0.2, -0.15) is 0 Å². The van der Waals surface area contributed by atoms with E-state index in [1.807, 2.05) is 24.3 Å². The number of carboxylic acid groups (broad SMARTS) is 1. The van der Waals surface area contributed by atoms with Crippen LogP contribution in [0, 0.1) is 5.82 Å². The van der Waals surface area contributed by atoms with E-state index >= 15 is 0 Å². The number of ketones is 1. The van der Waals surface area contributed by atoms with Gasteiger partial charge in [0.25, 0.3) is 0 Å². The zero-order valence-corrected chi connectivity index (χ0v) is 19.3. The Balaban J connectivity index is 1.26. The normalized spacial score (nSPS) is 17.3. The van der Waals surface area contributed by atoms with Gasteiger partial charge in [0, 0.05) is 34.5 Å². The molecule has 35 heavy (non-hydrogen) atoms. The summed E-state index contributed by atoms with van der Waals surface area (Å²) in [4.78, 5) is 32.3. The Kier molecular flexibility index (Phi) is 6.13. The van der Waals surface area contributed by atoms with Crippen LogP contribution in [-0.2, 0) is 11.2 Å². The van der Waals surface area contributed by atoms with Crippen molar-refractivity contribution in [2.24, 2.45) is 4.99 Å². The molecule has 0 radical (unpaired) electrons. The van der Waals surface area contributed by atoms with Crippen LogP contribution in [0.25, 0.3) is 10.9 Å². The number of carboxylic acids is 1. The number of carbonyl (C=O) groups excluding carboxylic acids is 1. The van der Waals surface area contributed by atoms with Crippen molar-refractivity contribution in [3.8, 4) is 5.75 Å². The number of benzene rings is 3. The van der Waals surface area contributed by atoms with Gasteiger partial charge < -0.3 is 14.8 Å². The third-order valence-electron chi connectivity index (χ3n) is 5.85. The Morgan fingerprint density at radius 2 is 1.77 bits per heavy atom. The molecule has 5 rings (SSSR count). The first-order chi connectivity index (χ1) is 16.9. The van der Waals surface area contributed by atoms with Crippen LogP contribution in [0.15, 0.2) is 83.9 Å². The predicted molar refractivity (Wildman–Crippen MR) is 134 cm³/mol. The van der Waals surface area contributed by atoms with Crippen LogP contribution in [0.3, 0.4) is 0 Å². The molecule has 0 spiro atoms. The Bertz CT molecular complexity index is 1430. The van der Waals surface area contributed by atoms with Gasteiger partial charge in [-0.05, 0) is 53.9 Å². The highest BCUT2D eigenvalue weighted by molar-refractivity contribution is 8.14. The number of rotatable bonds is 8. The molecule has 2 heterocycles. The van der Waals surface area contributed by atoms with Crippen molar-refractivity contribution in [2.75, 3.05) is 12.4 Å². The maximum atomic E-state index is 13.5. The highest BCUT2D eigenvalue weighted by Gasteiger charge is 2.43. The fraction of sp³-hybridized carbons (Fsp3) is 0.148. The molecule has 3 aromatic carbocycles. The molecular weight excluding hydrogens is 467 g/mol. The Labute approximate surface area is 204 Å². The van der Waals surface area contributed by atoms with E-state index in [1.165, 1.54) is 23.9 Å². The van der Waals surface area contributed by atoms with Crippen molar-refractivity contribution in [1.29, 1.82) is 0 Å². The van der Waals surface area contributed by atoms with E-state index in [2.05, 4.69) is 9.98 Å². The van der Waals surface area contributed by atoms with E-state index in [9.17, 15) is 19.1 Å². The number of aromatic nitrogens is 1. The average Bonchev–Trinajstić information content (AvgIpc) is 3.47. The highest BCUT2D eigenvalue weighted by Crippen LogP contribution is 2.33. The summed E-state index contributed by atoms with van der Waals surface area (Å²) in [6, 6.07) is 22.1. The van der Waals surface area contributed by atoms with Crippen molar-refractivity contribution in [1.82, 2.24) is 4.98 Å². The number of H-pyrrole nitrogens is 1. The van der Waals surface area contributed by atoms with Crippen molar-refractivity contribution in [3.05, 3.63) is 102 Å². The zero-order valence-electron chi connectivity index (χ0n) is 18.5. The summed E-state index contributed by atoms with van der Waals surface area (Å²) in [5.41, 5.74) is 1.14. The molecular formula is C27H21FN2O4S. The molecule has 1 aromatic heterocycles. The Morgan fingerprint density at radius 1 is 1.03 bits per heavy atom. The standard InChI is InChI=1S/C27H21FN2O4S/c28-20-9-6-19-12-21(29-23(19)13-20)14-27(26(32)33)16-35-24(30-27)15-34-22-10-7-18(8-11-22)25(31)17-4-2-1-3-5-17/h1-13,29H,14-16H2,(H,32,33)/t27-/m0/s1. The van der Waals surface area contributed by atoms with Crippen molar-refractivity contribution < 1.29 is 23.8 Å². The second kappa shape index (κ2) is 9.38. The van der Waals surface area contributed by atoms with Crippen molar-refractivity contribution in [2.45, 2.75) is 12.0 Å². The molecule has 6 nitrogen and oxygen atoms in total. The molecule has 8 heteroatoms. The van der Waals surface area contributed by atoms with Gasteiger partial charge in [-0.15, -0.1) is 11.8 Å². The minimum Gasteiger partial charge on any atom is -0.487 e. The smallest absolute Gasteiger partial charge is 0.332 e. The number of nitrogens with one attached hydrogen (secondary N) is 1. The van der Waals surface area contributed by atoms with E-state index in [0.29, 0.717) is 33.1 Å². The summed E-state index contributed by atoms with van der Waals surface area (Å²) >= 11 is 1.35. The number of halogens is 1. The number of aliphatic imine (C=N–C) groups is 1. The molecule has 0 fully saturated rings. The lowest BCUT2D eigenvalue weighted by Crippen LogP contribution is -2.39. The molecule has 176 valence electrons. The Hall–Kier alpha value is -3.91. The van der Waals surface area contributed by atoms with E-state index in [4.69, 9.17) is 4.74 Å². The Morgan fingerprint density at radius 3 is 2.51 bits per heavy atom. The van der Waals surface area contributed by atoms with Crippen LogP contribution in [0.1, 0.15) is 21.6 Å². The first-order valence-electron chi connectivity index (χ1n) is 11.0. The number of carbonyl (C=O) groups is 2. The lowest BCUT2D eigenvalue weighted by atomic mass is 9.96. The molecule has 0 saturated carbocycles. The van der Waals surface area contributed by atoms with Gasteiger partial charge in [0.2, 0.25) is 0 Å². The van der Waals surface area contributed by atoms with Crippen LogP contribution in [0.5, 0.6) is 5.75 Å². The second-order valence-corrected chi connectivity index (χ2v) is 9.39. The summed E-state index contributed by atoms with van der Waals surface area (Å²) in [6.45, 7) is 0.129. The fourth-order valence-electron chi connectivity index (χ4n) is 4.03. The lowest BCUT2D eigenvalue weighted by Gasteiger charge is -2.19. The van der Waals surface area contributed by atoms with E-state index in [1.54, 1.807) is 42.5 Å². The maximum absolute atomic E-state index is 13.5. The minimum absolute atomic E-state index is 0.0705. The van der Waals surface area contributed by atoms with Gasteiger partial charge in [-0.3, -0.25) is 9.79 Å². The number of ether oxygens (including phenoxy) is 1. The summed E-state index contributed by atoms with van der Waals surface area (Å²) in [6.07, 6.45) is 0.158. The van der Waals surface area contributed by atoms with Crippen LogP contribution < -0.4 is 4.74 Å². The van der Waals surface area contributed by atoms with Crippen molar-refractivity contribution >= 4 is 39.5 Å². The molecule has 2 N–H and O–H groups in total. The molecule has 0 unspecified atom stereocenters. The van der Waals surface area contributed by atoms with Gasteiger partial charge >= 0.3 is 5.97 Å². The third kappa shape index (κ3) is 4.83. The minimum atomic E-state index is -1.32. The van der Waals surface area contributed by atoms with Gasteiger partial charge in [0.15, 0.2) is 11.3 Å². The number of nitrogens with zero attached hydrogens (tertiary/aromatic N) is 1. The zero-order chi connectivity index (χ0) is 24.4. The van der Waals surface area contributed by atoms with E-state index < -0.39 is 11.5 Å². The van der Waals surface area contributed by atoms with Crippen LogP contribution >= 0.6 is 11.8 Å². The molecule has 4 aromatic rings. The summed E-state index contributed by atoms with van der Waals surface area (Å²) in [7, 11) is 0. The van der Waals surface area contributed by atoms with Gasteiger partial charge in [0.05, 0.1) is 0 Å². The van der Waals surface area contributed by atoms with Gasteiger partial charge in [0.1, 0.15) is 23.2 Å². The second-order valence-electron chi connectivity index (χ2n) is 8.34. The van der Waals surface area contributed by atoms with E-state index in [0.717, 1.165) is 5.39 Å². The highest BCUT2D eigenvalue weighted by atomic mass is 32.2. The number of thioether (sulfide) groups is 1. The lowest BCUT2D eigenvalue weighted by molar-refractivity contribution is -0.142. The monoisotopic (exact) mass is 488 g/mol. The number of aromatic amines is 1. The first kappa shape index (κ1) is 22.9. The predicted octanol–water partition coefficient (Wildman–Crippen LogP) is 5.13.